The van der Waals surface area contributed by atoms with E-state index in [4.69, 9.17) is 9.15 Å². The van der Waals surface area contributed by atoms with Gasteiger partial charge in [-0.25, -0.2) is 10.3 Å². The fourth-order valence-electron chi connectivity index (χ4n) is 3.94. The van der Waals surface area contributed by atoms with Crippen molar-refractivity contribution in [2.75, 3.05) is 0 Å². The van der Waals surface area contributed by atoms with Crippen molar-refractivity contribution in [3.8, 4) is 5.75 Å². The molecule has 0 bridgehead atoms. The van der Waals surface area contributed by atoms with E-state index in [1.54, 1.807) is 17.6 Å². The molecule has 0 spiro atoms. The predicted molar refractivity (Wildman–Crippen MR) is 130 cm³/mol. The normalized spacial score (nSPS) is 11.8. The number of fused-ring (bicyclic) bond motifs is 1. The summed E-state index contributed by atoms with van der Waals surface area (Å²) in [5.74, 6) is -0.336. The molecule has 34 heavy (non-hydrogen) atoms. The van der Waals surface area contributed by atoms with E-state index >= 15 is 0 Å². The molecule has 0 aliphatic carbocycles. The largest absolute Gasteiger partial charge is 0.489 e. The lowest BCUT2D eigenvalue weighted by atomic mass is 9.92. The number of nitrogens with one attached hydrogen (secondary N) is 1. The topological polar surface area (TPSA) is 88.8 Å². The van der Waals surface area contributed by atoms with E-state index in [1.807, 2.05) is 73.7 Å². The molecule has 0 aliphatic rings. The average molecular weight is 458 g/mol. The summed E-state index contributed by atoms with van der Waals surface area (Å²) in [4.78, 5) is 24.8. The first-order valence-electron chi connectivity index (χ1n) is 11.2. The highest BCUT2D eigenvalue weighted by molar-refractivity contribution is 5.79. The molecule has 0 saturated carbocycles. The van der Waals surface area contributed by atoms with Gasteiger partial charge in [-0.2, -0.15) is 0 Å². The van der Waals surface area contributed by atoms with Crippen molar-refractivity contribution < 1.29 is 19.2 Å². The number of amides is 1. The first-order valence-corrected chi connectivity index (χ1v) is 11.2. The van der Waals surface area contributed by atoms with Crippen molar-refractivity contribution in [3.05, 3.63) is 112 Å². The smallest absolute Gasteiger partial charge is 0.339 e. The minimum Gasteiger partial charge on any atom is -0.489 e. The van der Waals surface area contributed by atoms with Crippen LogP contribution in [0.3, 0.4) is 0 Å². The van der Waals surface area contributed by atoms with Gasteiger partial charge < -0.3 is 9.15 Å². The second kappa shape index (κ2) is 10.8. The van der Waals surface area contributed by atoms with Crippen LogP contribution < -0.4 is 15.8 Å². The van der Waals surface area contributed by atoms with Gasteiger partial charge in [0, 0.05) is 16.9 Å². The quantitative estimate of drug-likeness (QED) is 0.210. The SMILES string of the molecule is Cc1ccc2oc(=O)c(CC(CCc3ccc(OCc4ccccc4)cc3)C(=O)NO)cc2c1. The lowest BCUT2D eigenvalue weighted by Crippen LogP contribution is -2.31. The zero-order valence-electron chi connectivity index (χ0n) is 19.0. The van der Waals surface area contributed by atoms with Gasteiger partial charge in [-0.1, -0.05) is 54.1 Å². The van der Waals surface area contributed by atoms with Crippen molar-refractivity contribution >= 4 is 16.9 Å². The van der Waals surface area contributed by atoms with Crippen molar-refractivity contribution in [1.82, 2.24) is 5.48 Å². The number of rotatable bonds is 9. The van der Waals surface area contributed by atoms with Crippen LogP contribution in [0.5, 0.6) is 5.75 Å². The second-order valence-electron chi connectivity index (χ2n) is 8.43. The van der Waals surface area contributed by atoms with E-state index in [2.05, 4.69) is 0 Å². The summed E-state index contributed by atoms with van der Waals surface area (Å²) >= 11 is 0. The molecule has 0 radical (unpaired) electrons. The van der Waals surface area contributed by atoms with Crippen LogP contribution in [0.2, 0.25) is 0 Å². The Morgan fingerprint density at radius 3 is 2.50 bits per heavy atom. The Labute approximate surface area is 197 Å². The number of carbonyl (C=O) groups excluding carboxylic acids is 1. The number of hydrogen-bond acceptors (Lipinski definition) is 5. The van der Waals surface area contributed by atoms with Gasteiger partial charge in [0.1, 0.15) is 17.9 Å². The molecule has 2 N–H and O–H groups in total. The monoisotopic (exact) mass is 457 g/mol. The number of hydroxylamine groups is 1. The van der Waals surface area contributed by atoms with Crippen LogP contribution >= 0.6 is 0 Å². The molecule has 0 fully saturated rings. The molecule has 1 unspecified atom stereocenters. The molecule has 174 valence electrons. The third kappa shape index (κ3) is 5.91. The van der Waals surface area contributed by atoms with Crippen LogP contribution in [-0.4, -0.2) is 11.1 Å². The zero-order valence-corrected chi connectivity index (χ0v) is 19.0. The molecule has 0 saturated heterocycles. The Morgan fingerprint density at radius 2 is 1.76 bits per heavy atom. The molecule has 3 aromatic carbocycles. The van der Waals surface area contributed by atoms with Crippen molar-refractivity contribution in [3.63, 3.8) is 0 Å². The third-order valence-electron chi connectivity index (χ3n) is 5.86. The summed E-state index contributed by atoms with van der Waals surface area (Å²) in [6.07, 6.45) is 1.24. The van der Waals surface area contributed by atoms with E-state index in [-0.39, 0.29) is 6.42 Å². The lowest BCUT2D eigenvalue weighted by Gasteiger charge is -2.15. The number of aryl methyl sites for hydroxylation is 2. The molecule has 6 heteroatoms. The maximum Gasteiger partial charge on any atom is 0.339 e. The Kier molecular flexibility index (Phi) is 7.40. The van der Waals surface area contributed by atoms with Crippen LogP contribution in [-0.2, 0) is 24.2 Å². The average Bonchev–Trinajstić information content (AvgIpc) is 2.86. The summed E-state index contributed by atoms with van der Waals surface area (Å²) in [5, 5.41) is 10.0. The Bertz CT molecular complexity index is 1310. The molecule has 0 aliphatic heterocycles. The maximum absolute atomic E-state index is 12.5. The number of carbonyl (C=O) groups is 1. The van der Waals surface area contributed by atoms with Crippen LogP contribution in [0.15, 0.2) is 88.1 Å². The standard InChI is InChI=1S/C28H27NO5/c1-19-7-14-26-23(15-19)17-24(28(31)34-26)16-22(27(30)29-32)11-8-20-9-12-25(13-10-20)33-18-21-5-3-2-4-6-21/h2-7,9-10,12-15,17,22,32H,8,11,16,18H2,1H3,(H,29,30). The van der Waals surface area contributed by atoms with E-state index in [1.165, 1.54) is 0 Å². The highest BCUT2D eigenvalue weighted by atomic mass is 16.5. The van der Waals surface area contributed by atoms with Crippen LogP contribution in [0.25, 0.3) is 11.0 Å². The Hall–Kier alpha value is -3.90. The highest BCUT2D eigenvalue weighted by Gasteiger charge is 2.21. The first kappa shape index (κ1) is 23.3. The van der Waals surface area contributed by atoms with E-state index in [0.29, 0.717) is 30.6 Å². The molecule has 4 rings (SSSR count). The summed E-state index contributed by atoms with van der Waals surface area (Å²) in [6, 6.07) is 25.0. The summed E-state index contributed by atoms with van der Waals surface area (Å²) in [5.41, 5.74) is 5.37. The van der Waals surface area contributed by atoms with Gasteiger partial charge >= 0.3 is 5.63 Å². The van der Waals surface area contributed by atoms with Crippen molar-refractivity contribution in [2.24, 2.45) is 5.92 Å². The van der Waals surface area contributed by atoms with Gasteiger partial charge in [-0.05, 0) is 67.6 Å². The Morgan fingerprint density at radius 1 is 1.00 bits per heavy atom. The molecule has 1 atom stereocenters. The third-order valence-corrected chi connectivity index (χ3v) is 5.86. The van der Waals surface area contributed by atoms with Gasteiger partial charge in [0.25, 0.3) is 0 Å². The van der Waals surface area contributed by atoms with E-state index < -0.39 is 17.5 Å². The Balaban J connectivity index is 1.41. The van der Waals surface area contributed by atoms with Gasteiger partial charge in [0.2, 0.25) is 5.91 Å². The molecule has 1 amide bonds. The number of ether oxygens (including phenoxy) is 1. The molecule has 6 nitrogen and oxygen atoms in total. The number of benzene rings is 3. The molecule has 1 aromatic heterocycles. The van der Waals surface area contributed by atoms with Gasteiger partial charge in [-0.3, -0.25) is 10.0 Å². The van der Waals surface area contributed by atoms with Crippen molar-refractivity contribution in [1.29, 1.82) is 0 Å². The van der Waals surface area contributed by atoms with Crippen LogP contribution in [0, 0.1) is 12.8 Å². The molecular formula is C28H27NO5. The second-order valence-corrected chi connectivity index (χ2v) is 8.43. The highest BCUT2D eigenvalue weighted by Crippen LogP contribution is 2.21. The maximum atomic E-state index is 12.5. The lowest BCUT2D eigenvalue weighted by molar-refractivity contribution is -0.133. The summed E-state index contributed by atoms with van der Waals surface area (Å²) in [7, 11) is 0. The van der Waals surface area contributed by atoms with Crippen molar-refractivity contribution in [2.45, 2.75) is 32.8 Å². The molecule has 4 aromatic rings. The minimum absolute atomic E-state index is 0.177. The predicted octanol–water partition coefficient (Wildman–Crippen LogP) is 4.98. The first-order chi connectivity index (χ1) is 16.5. The van der Waals surface area contributed by atoms with Gasteiger partial charge in [0.05, 0.1) is 0 Å². The van der Waals surface area contributed by atoms with Crippen LogP contribution in [0.4, 0.5) is 0 Å². The van der Waals surface area contributed by atoms with Crippen LogP contribution in [0.1, 0.15) is 28.7 Å². The molecule has 1 heterocycles. The zero-order chi connectivity index (χ0) is 23.9. The fraction of sp³-hybridized carbons (Fsp3) is 0.214. The minimum atomic E-state index is -0.579. The summed E-state index contributed by atoms with van der Waals surface area (Å²) in [6.45, 7) is 2.46. The van der Waals surface area contributed by atoms with E-state index in [9.17, 15) is 14.8 Å². The summed E-state index contributed by atoms with van der Waals surface area (Å²) < 4.78 is 11.3. The fourth-order valence-corrected chi connectivity index (χ4v) is 3.94. The van der Waals surface area contributed by atoms with E-state index in [0.717, 1.165) is 27.8 Å². The number of hydrogen-bond donors (Lipinski definition) is 2. The van der Waals surface area contributed by atoms with Gasteiger partial charge in [-0.15, -0.1) is 0 Å². The van der Waals surface area contributed by atoms with Gasteiger partial charge in [0.15, 0.2) is 0 Å². The molecular weight excluding hydrogens is 430 g/mol.